The molecule has 4 aromatic rings. The minimum atomic E-state index is -0.232. The highest BCUT2D eigenvalue weighted by molar-refractivity contribution is 5.96. The number of carbonyl (C=O) groups is 1. The Morgan fingerprint density at radius 1 is 1.06 bits per heavy atom. The molecule has 2 heterocycles. The normalized spacial score (nSPS) is 11.0. The lowest BCUT2D eigenvalue weighted by Crippen LogP contribution is -2.24. The van der Waals surface area contributed by atoms with Gasteiger partial charge in [-0.1, -0.05) is 43.7 Å². The van der Waals surface area contributed by atoms with Gasteiger partial charge < -0.3 is 11.1 Å². The molecule has 0 saturated heterocycles. The third kappa shape index (κ3) is 4.49. The molecule has 8 heteroatoms. The minimum absolute atomic E-state index is 0.178. The third-order valence-corrected chi connectivity index (χ3v) is 5.16. The van der Waals surface area contributed by atoms with Crippen molar-refractivity contribution in [2.45, 2.75) is 33.2 Å². The van der Waals surface area contributed by atoms with Crippen LogP contribution in [0.5, 0.6) is 0 Å². The van der Waals surface area contributed by atoms with E-state index in [1.165, 1.54) is 11.8 Å². The average Bonchev–Trinajstić information content (AvgIpc) is 3.29. The lowest BCUT2D eigenvalue weighted by molar-refractivity contribution is 0.0950. The molecule has 0 radical (unpaired) electrons. The van der Waals surface area contributed by atoms with Crippen LogP contribution in [0.25, 0.3) is 16.8 Å². The molecule has 4 rings (SSSR count). The first kappa shape index (κ1) is 21.2. The van der Waals surface area contributed by atoms with Crippen LogP contribution in [0.3, 0.4) is 0 Å². The summed E-state index contributed by atoms with van der Waals surface area (Å²) in [7, 11) is 0. The van der Waals surface area contributed by atoms with Crippen LogP contribution < -0.4 is 11.1 Å². The number of amides is 1. The van der Waals surface area contributed by atoms with Crippen molar-refractivity contribution >= 4 is 11.7 Å². The van der Waals surface area contributed by atoms with E-state index in [0.717, 1.165) is 22.6 Å². The van der Waals surface area contributed by atoms with Gasteiger partial charge in [0.2, 0.25) is 0 Å². The highest BCUT2D eigenvalue weighted by Gasteiger charge is 2.15. The predicted molar refractivity (Wildman–Crippen MR) is 123 cm³/mol. The Morgan fingerprint density at radius 3 is 2.53 bits per heavy atom. The summed E-state index contributed by atoms with van der Waals surface area (Å²) in [4.78, 5) is 21.3. The summed E-state index contributed by atoms with van der Waals surface area (Å²) in [5.41, 5.74) is 10.8. The van der Waals surface area contributed by atoms with Crippen molar-refractivity contribution in [2.24, 2.45) is 0 Å². The number of aromatic nitrogens is 5. The summed E-state index contributed by atoms with van der Waals surface area (Å²) in [5, 5.41) is 11.2. The molecule has 32 heavy (non-hydrogen) atoms. The number of hydrogen-bond acceptors (Lipinski definition) is 6. The summed E-state index contributed by atoms with van der Waals surface area (Å²) >= 11 is 0. The zero-order chi connectivity index (χ0) is 22.7. The van der Waals surface area contributed by atoms with Crippen molar-refractivity contribution in [1.29, 1.82) is 0 Å². The van der Waals surface area contributed by atoms with E-state index < -0.39 is 0 Å². The second kappa shape index (κ2) is 8.97. The van der Waals surface area contributed by atoms with Gasteiger partial charge in [-0.3, -0.25) is 14.3 Å². The number of nitrogen functional groups attached to an aromatic ring is 1. The second-order valence-corrected chi connectivity index (χ2v) is 7.92. The smallest absolute Gasteiger partial charge is 0.251 e. The fraction of sp³-hybridized carbons (Fsp3) is 0.208. The predicted octanol–water partition coefficient (Wildman–Crippen LogP) is 3.67. The number of hydrogen-bond donors (Lipinski definition) is 2. The van der Waals surface area contributed by atoms with Crippen LogP contribution in [0.1, 0.15) is 47.2 Å². The monoisotopic (exact) mass is 427 g/mol. The van der Waals surface area contributed by atoms with E-state index in [1.807, 2.05) is 41.8 Å². The quantitative estimate of drug-likeness (QED) is 0.486. The Hall–Kier alpha value is -4.07. The molecule has 0 aliphatic rings. The van der Waals surface area contributed by atoms with Gasteiger partial charge in [-0.25, -0.2) is 4.98 Å². The SMILES string of the molecule is Cc1ccc(-c2cc(C(=O)NCc3nccnc3N)cc(-n3cnnc3C(C)C)c2)cc1. The Bertz CT molecular complexity index is 1250. The van der Waals surface area contributed by atoms with E-state index in [4.69, 9.17) is 5.73 Å². The number of nitrogens with zero attached hydrogens (tertiary/aromatic N) is 5. The Morgan fingerprint density at radius 2 is 1.81 bits per heavy atom. The molecule has 0 fully saturated rings. The fourth-order valence-electron chi connectivity index (χ4n) is 3.41. The van der Waals surface area contributed by atoms with E-state index in [9.17, 15) is 4.79 Å². The highest BCUT2D eigenvalue weighted by Crippen LogP contribution is 2.26. The van der Waals surface area contributed by atoms with Gasteiger partial charge >= 0.3 is 0 Å². The summed E-state index contributed by atoms with van der Waals surface area (Å²) in [6.45, 7) is 6.35. The van der Waals surface area contributed by atoms with Crippen LogP contribution in [0.4, 0.5) is 5.82 Å². The molecule has 2 aromatic carbocycles. The first-order valence-corrected chi connectivity index (χ1v) is 10.4. The van der Waals surface area contributed by atoms with Gasteiger partial charge in [-0.05, 0) is 36.2 Å². The topological polar surface area (TPSA) is 112 Å². The molecule has 3 N–H and O–H groups in total. The van der Waals surface area contributed by atoms with Crippen LogP contribution in [0.2, 0.25) is 0 Å². The number of nitrogens with one attached hydrogen (secondary N) is 1. The van der Waals surface area contributed by atoms with Crippen molar-refractivity contribution in [1.82, 2.24) is 30.0 Å². The van der Waals surface area contributed by atoms with Crippen LogP contribution in [0.15, 0.2) is 61.2 Å². The molecule has 0 aliphatic heterocycles. The second-order valence-electron chi connectivity index (χ2n) is 7.92. The zero-order valence-corrected chi connectivity index (χ0v) is 18.3. The van der Waals surface area contributed by atoms with Crippen LogP contribution >= 0.6 is 0 Å². The van der Waals surface area contributed by atoms with Crippen molar-refractivity contribution in [3.05, 3.63) is 83.8 Å². The Balaban J connectivity index is 1.73. The first-order chi connectivity index (χ1) is 15.4. The van der Waals surface area contributed by atoms with Gasteiger partial charge in [0, 0.05) is 29.6 Å². The standard InChI is InChI=1S/C24H25N7O/c1-15(2)23-30-29-14-31(23)20-11-18(17-6-4-16(3)5-7-17)10-19(12-20)24(32)28-13-21-22(25)27-9-8-26-21/h4-12,14-15H,13H2,1-3H3,(H2,25,27)(H,28,32). The number of rotatable bonds is 6. The largest absolute Gasteiger partial charge is 0.382 e. The lowest BCUT2D eigenvalue weighted by atomic mass is 10.00. The zero-order valence-electron chi connectivity index (χ0n) is 18.3. The number of carbonyl (C=O) groups excluding carboxylic acids is 1. The summed E-state index contributed by atoms with van der Waals surface area (Å²) < 4.78 is 1.92. The molecule has 2 aromatic heterocycles. The molecule has 8 nitrogen and oxygen atoms in total. The Kier molecular flexibility index (Phi) is 5.93. The number of nitrogens with two attached hydrogens (primary N) is 1. The number of anilines is 1. The van der Waals surface area contributed by atoms with Crippen molar-refractivity contribution in [3.8, 4) is 16.8 Å². The van der Waals surface area contributed by atoms with E-state index in [-0.39, 0.29) is 18.4 Å². The number of aryl methyl sites for hydroxylation is 1. The molecule has 0 bridgehead atoms. The summed E-state index contributed by atoms with van der Waals surface area (Å²) in [5.74, 6) is 1.07. The average molecular weight is 428 g/mol. The van der Waals surface area contributed by atoms with E-state index in [1.54, 1.807) is 12.5 Å². The van der Waals surface area contributed by atoms with Crippen LogP contribution in [0, 0.1) is 6.92 Å². The summed E-state index contributed by atoms with van der Waals surface area (Å²) in [6.07, 6.45) is 4.74. The molecule has 0 unspecified atom stereocenters. The van der Waals surface area contributed by atoms with Gasteiger partial charge in [0.05, 0.1) is 6.54 Å². The van der Waals surface area contributed by atoms with Gasteiger partial charge in [0.1, 0.15) is 23.7 Å². The van der Waals surface area contributed by atoms with E-state index in [0.29, 0.717) is 17.1 Å². The van der Waals surface area contributed by atoms with Crippen molar-refractivity contribution in [3.63, 3.8) is 0 Å². The van der Waals surface area contributed by atoms with Crippen LogP contribution in [-0.2, 0) is 6.54 Å². The van der Waals surface area contributed by atoms with Gasteiger partial charge in [0.15, 0.2) is 0 Å². The Labute approximate surface area is 186 Å². The maximum absolute atomic E-state index is 13.1. The maximum Gasteiger partial charge on any atom is 0.251 e. The molecular formula is C24H25N7O. The minimum Gasteiger partial charge on any atom is -0.382 e. The van der Waals surface area contributed by atoms with Gasteiger partial charge in [-0.2, -0.15) is 0 Å². The molecule has 0 atom stereocenters. The molecule has 162 valence electrons. The third-order valence-electron chi connectivity index (χ3n) is 5.16. The molecule has 0 saturated carbocycles. The van der Waals surface area contributed by atoms with Crippen LogP contribution in [-0.4, -0.2) is 30.6 Å². The van der Waals surface area contributed by atoms with Crippen molar-refractivity contribution < 1.29 is 4.79 Å². The van der Waals surface area contributed by atoms with E-state index in [2.05, 4.69) is 51.5 Å². The lowest BCUT2D eigenvalue weighted by Gasteiger charge is -2.14. The molecule has 0 spiro atoms. The maximum atomic E-state index is 13.1. The molecular weight excluding hydrogens is 402 g/mol. The number of benzene rings is 2. The van der Waals surface area contributed by atoms with E-state index >= 15 is 0 Å². The molecule has 1 amide bonds. The van der Waals surface area contributed by atoms with Gasteiger partial charge in [-0.15, -0.1) is 10.2 Å². The first-order valence-electron chi connectivity index (χ1n) is 10.4. The van der Waals surface area contributed by atoms with Gasteiger partial charge in [0.25, 0.3) is 5.91 Å². The fourth-order valence-corrected chi connectivity index (χ4v) is 3.41. The highest BCUT2D eigenvalue weighted by atomic mass is 16.1. The summed E-state index contributed by atoms with van der Waals surface area (Å²) in [6, 6.07) is 14.0. The van der Waals surface area contributed by atoms with Crippen molar-refractivity contribution in [2.75, 3.05) is 5.73 Å². The molecule has 0 aliphatic carbocycles.